The van der Waals surface area contributed by atoms with Crippen LogP contribution in [0.3, 0.4) is 0 Å². The van der Waals surface area contributed by atoms with Crippen LogP contribution in [-0.4, -0.2) is 33.7 Å². The first-order valence-electron chi connectivity index (χ1n) is 8.80. The molecule has 3 rings (SSSR count). The Kier molecular flexibility index (Phi) is 5.30. The number of aromatic amines is 1. The van der Waals surface area contributed by atoms with E-state index in [1.807, 2.05) is 38.2 Å². The zero-order valence-electron chi connectivity index (χ0n) is 15.1. The first-order chi connectivity index (χ1) is 11.9. The van der Waals surface area contributed by atoms with Crippen molar-refractivity contribution in [1.82, 2.24) is 15.5 Å². The quantitative estimate of drug-likeness (QED) is 0.684. The van der Waals surface area contributed by atoms with E-state index in [2.05, 4.69) is 22.4 Å². The summed E-state index contributed by atoms with van der Waals surface area (Å²) >= 11 is 0. The number of aliphatic hydroxyl groups is 1. The normalized spacial score (nSPS) is 14.7. The monoisotopic (exact) mass is 345 g/mol. The molecular weight excluding hydrogens is 318 g/mol. The molecule has 6 nitrogen and oxygen atoms in total. The van der Waals surface area contributed by atoms with Gasteiger partial charge in [-0.25, -0.2) is 0 Å². The summed E-state index contributed by atoms with van der Waals surface area (Å²) < 4.78 is 10.8. The summed E-state index contributed by atoms with van der Waals surface area (Å²) in [6, 6.07) is 6.29. The maximum Gasteiger partial charge on any atom is 0.231 e. The average molecular weight is 345 g/mol. The molecule has 0 fully saturated rings. The molecule has 2 aromatic rings. The number of nitrogens with one attached hydrogen (secondary N) is 2. The summed E-state index contributed by atoms with van der Waals surface area (Å²) in [5.74, 6) is 1.55. The number of H-pyrrole nitrogens is 1. The van der Waals surface area contributed by atoms with Crippen molar-refractivity contribution < 1.29 is 14.6 Å². The lowest BCUT2D eigenvalue weighted by Gasteiger charge is -2.19. The summed E-state index contributed by atoms with van der Waals surface area (Å²) in [5.41, 5.74) is 2.56. The van der Waals surface area contributed by atoms with Gasteiger partial charge in [-0.05, 0) is 58.2 Å². The van der Waals surface area contributed by atoms with Crippen LogP contribution in [0.1, 0.15) is 45.6 Å². The summed E-state index contributed by atoms with van der Waals surface area (Å²) in [7, 11) is 0. The van der Waals surface area contributed by atoms with Crippen LogP contribution in [0.5, 0.6) is 11.5 Å². The van der Waals surface area contributed by atoms with Crippen LogP contribution in [0.25, 0.3) is 11.3 Å². The van der Waals surface area contributed by atoms with Crippen LogP contribution in [0.15, 0.2) is 24.4 Å². The zero-order valence-corrected chi connectivity index (χ0v) is 15.1. The van der Waals surface area contributed by atoms with E-state index in [0.717, 1.165) is 54.1 Å². The molecule has 6 heteroatoms. The third-order valence-corrected chi connectivity index (χ3v) is 4.45. The zero-order chi connectivity index (χ0) is 17.9. The van der Waals surface area contributed by atoms with Crippen molar-refractivity contribution in [3.63, 3.8) is 0 Å². The van der Waals surface area contributed by atoms with Gasteiger partial charge in [-0.15, -0.1) is 0 Å². The lowest BCUT2D eigenvalue weighted by Crippen LogP contribution is -2.26. The highest BCUT2D eigenvalue weighted by molar-refractivity contribution is 5.66. The number of hydrogen-bond donors (Lipinski definition) is 3. The van der Waals surface area contributed by atoms with E-state index in [9.17, 15) is 5.11 Å². The lowest BCUT2D eigenvalue weighted by atomic mass is 9.99. The number of ether oxygens (including phenoxy) is 2. The molecule has 1 atom stereocenters. The first kappa shape index (κ1) is 17.8. The highest BCUT2D eigenvalue weighted by Gasteiger charge is 2.17. The van der Waals surface area contributed by atoms with Crippen LogP contribution < -0.4 is 14.8 Å². The smallest absolute Gasteiger partial charge is 0.231 e. The van der Waals surface area contributed by atoms with Crippen LogP contribution in [0.4, 0.5) is 0 Å². The second kappa shape index (κ2) is 7.45. The fourth-order valence-electron chi connectivity index (χ4n) is 2.97. The Morgan fingerprint density at radius 2 is 2.12 bits per heavy atom. The minimum absolute atomic E-state index is 0.276. The highest BCUT2D eigenvalue weighted by Crippen LogP contribution is 2.36. The van der Waals surface area contributed by atoms with Crippen molar-refractivity contribution in [2.45, 2.75) is 58.2 Å². The molecule has 0 aliphatic carbocycles. The van der Waals surface area contributed by atoms with Gasteiger partial charge in [0.05, 0.1) is 17.5 Å². The Morgan fingerprint density at radius 1 is 1.32 bits per heavy atom. The van der Waals surface area contributed by atoms with Crippen molar-refractivity contribution in [3.8, 4) is 22.8 Å². The molecule has 1 aliphatic heterocycles. The van der Waals surface area contributed by atoms with Gasteiger partial charge in [0.15, 0.2) is 11.5 Å². The second-order valence-corrected chi connectivity index (χ2v) is 7.32. The molecule has 0 amide bonds. The van der Waals surface area contributed by atoms with Crippen molar-refractivity contribution in [2.24, 2.45) is 0 Å². The number of rotatable bonds is 8. The summed E-state index contributed by atoms with van der Waals surface area (Å²) in [6.07, 6.45) is 4.70. The molecule has 0 saturated carbocycles. The highest BCUT2D eigenvalue weighted by atomic mass is 16.7. The largest absolute Gasteiger partial charge is 0.454 e. The molecule has 1 aromatic heterocycles. The average Bonchev–Trinajstić information content (AvgIpc) is 3.19. The Bertz CT molecular complexity index is 706. The number of fused-ring (bicyclic) bond motifs is 1. The van der Waals surface area contributed by atoms with Gasteiger partial charge >= 0.3 is 0 Å². The van der Waals surface area contributed by atoms with Gasteiger partial charge in [0.1, 0.15) is 0 Å². The van der Waals surface area contributed by atoms with E-state index in [1.54, 1.807) is 0 Å². The summed E-state index contributed by atoms with van der Waals surface area (Å²) in [4.78, 5) is 0. The number of hydrogen-bond acceptors (Lipinski definition) is 5. The topological polar surface area (TPSA) is 79.4 Å². The third-order valence-electron chi connectivity index (χ3n) is 4.45. The molecular formula is C19H27N3O3. The number of nitrogens with zero attached hydrogens (tertiary/aromatic N) is 1. The van der Waals surface area contributed by atoms with Crippen molar-refractivity contribution in [2.75, 3.05) is 6.79 Å². The van der Waals surface area contributed by atoms with E-state index in [1.165, 1.54) is 0 Å². The molecule has 0 radical (unpaired) electrons. The van der Waals surface area contributed by atoms with Crippen LogP contribution in [-0.2, 0) is 6.54 Å². The molecule has 2 heterocycles. The maximum absolute atomic E-state index is 9.79. The minimum atomic E-state index is -0.587. The Hall–Kier alpha value is -2.05. The Morgan fingerprint density at radius 3 is 2.92 bits per heavy atom. The van der Waals surface area contributed by atoms with Gasteiger partial charge < -0.3 is 19.9 Å². The first-order valence-corrected chi connectivity index (χ1v) is 8.80. The molecule has 0 spiro atoms. The van der Waals surface area contributed by atoms with E-state index in [4.69, 9.17) is 9.47 Å². The van der Waals surface area contributed by atoms with Crippen LogP contribution in [0, 0.1) is 0 Å². The molecule has 1 aliphatic rings. The predicted octanol–water partition coefficient (Wildman–Crippen LogP) is 3.22. The summed E-state index contributed by atoms with van der Waals surface area (Å²) in [5, 5.41) is 20.6. The Labute approximate surface area is 148 Å². The van der Waals surface area contributed by atoms with Gasteiger partial charge in [0, 0.05) is 23.7 Å². The summed E-state index contributed by atoms with van der Waals surface area (Å²) in [6.45, 7) is 6.90. The molecule has 0 unspecified atom stereocenters. The molecule has 1 aromatic carbocycles. The van der Waals surface area contributed by atoms with E-state index in [0.29, 0.717) is 6.04 Å². The van der Waals surface area contributed by atoms with Crippen molar-refractivity contribution in [3.05, 3.63) is 30.0 Å². The van der Waals surface area contributed by atoms with E-state index >= 15 is 0 Å². The predicted molar refractivity (Wildman–Crippen MR) is 96.6 cm³/mol. The van der Waals surface area contributed by atoms with Gasteiger partial charge in [-0.1, -0.05) is 0 Å². The van der Waals surface area contributed by atoms with Gasteiger partial charge in [0.25, 0.3) is 0 Å². The standard InChI is InChI=1S/C19H27N3O3/c1-13(5-4-8-19(2,3)23)20-10-15-11-21-22-18(15)14-6-7-16-17(9-14)25-12-24-16/h6-7,9,11,13,20,23H,4-5,8,10,12H2,1-3H3,(H,21,22)/t13-/m0/s1. The van der Waals surface area contributed by atoms with Gasteiger partial charge in [-0.3, -0.25) is 5.10 Å². The molecule has 0 bridgehead atoms. The molecule has 136 valence electrons. The fourth-order valence-corrected chi connectivity index (χ4v) is 2.97. The van der Waals surface area contributed by atoms with Gasteiger partial charge in [-0.2, -0.15) is 5.10 Å². The van der Waals surface area contributed by atoms with E-state index in [-0.39, 0.29) is 6.79 Å². The van der Waals surface area contributed by atoms with E-state index < -0.39 is 5.60 Å². The molecule has 25 heavy (non-hydrogen) atoms. The number of aromatic nitrogens is 2. The van der Waals surface area contributed by atoms with Crippen molar-refractivity contribution in [1.29, 1.82) is 0 Å². The molecule has 0 saturated heterocycles. The van der Waals surface area contributed by atoms with Gasteiger partial charge in [0.2, 0.25) is 6.79 Å². The number of benzene rings is 1. The minimum Gasteiger partial charge on any atom is -0.454 e. The second-order valence-electron chi connectivity index (χ2n) is 7.32. The maximum atomic E-state index is 9.79. The third kappa shape index (κ3) is 4.74. The molecule has 3 N–H and O–H groups in total. The SMILES string of the molecule is C[C@@H](CCCC(C)(C)O)NCc1cn[nH]c1-c1ccc2c(c1)OCO2. The van der Waals surface area contributed by atoms with Crippen LogP contribution in [0.2, 0.25) is 0 Å². The van der Waals surface area contributed by atoms with Crippen molar-refractivity contribution >= 4 is 0 Å². The van der Waals surface area contributed by atoms with Crippen LogP contribution >= 0.6 is 0 Å². The Balaban J connectivity index is 1.57. The fraction of sp³-hybridized carbons (Fsp3) is 0.526. The lowest BCUT2D eigenvalue weighted by molar-refractivity contribution is 0.0675.